The van der Waals surface area contributed by atoms with Crippen LogP contribution in [0, 0.1) is 11.6 Å². The number of ether oxygens (including phenoxy) is 1. The number of nitrogens with zero attached hydrogens (tertiary/aromatic N) is 2. The fraction of sp³-hybridized carbons (Fsp3) is 0.0870. The first-order chi connectivity index (χ1) is 15.0. The number of rotatable bonds is 7. The molecule has 0 saturated heterocycles. The van der Waals surface area contributed by atoms with E-state index in [0.717, 1.165) is 22.7 Å². The molecular weight excluding hydrogens is 420 g/mol. The first-order valence-corrected chi connectivity index (χ1v) is 10.2. The van der Waals surface area contributed by atoms with Gasteiger partial charge in [0.05, 0.1) is 12.1 Å². The highest BCUT2D eigenvalue weighted by molar-refractivity contribution is 7.07. The summed E-state index contributed by atoms with van der Waals surface area (Å²) in [6, 6.07) is 19.2. The predicted molar refractivity (Wildman–Crippen MR) is 114 cm³/mol. The topological polar surface area (TPSA) is 64.1 Å². The van der Waals surface area contributed by atoms with Gasteiger partial charge in [-0.05, 0) is 47.5 Å². The van der Waals surface area contributed by atoms with E-state index < -0.39 is 5.82 Å². The van der Waals surface area contributed by atoms with Crippen molar-refractivity contribution in [1.82, 2.24) is 9.36 Å². The molecule has 1 heterocycles. The lowest BCUT2D eigenvalue weighted by atomic mass is 10.1. The molecule has 0 saturated carbocycles. The number of aromatic nitrogens is 2. The Morgan fingerprint density at radius 2 is 1.65 bits per heavy atom. The van der Waals surface area contributed by atoms with Crippen LogP contribution in [0.25, 0.3) is 0 Å². The van der Waals surface area contributed by atoms with E-state index in [1.54, 1.807) is 48.5 Å². The molecule has 4 aromatic rings. The Kier molecular flexibility index (Phi) is 6.28. The number of amides is 1. The van der Waals surface area contributed by atoms with Crippen LogP contribution in [0.15, 0.2) is 72.8 Å². The van der Waals surface area contributed by atoms with Crippen LogP contribution in [0.5, 0.6) is 10.9 Å². The van der Waals surface area contributed by atoms with Crippen LogP contribution in [0.2, 0.25) is 0 Å². The maximum atomic E-state index is 13.6. The second kappa shape index (κ2) is 9.44. The van der Waals surface area contributed by atoms with Crippen LogP contribution in [-0.4, -0.2) is 15.3 Å². The first kappa shape index (κ1) is 20.6. The zero-order chi connectivity index (χ0) is 21.6. The maximum absolute atomic E-state index is 13.6. The monoisotopic (exact) mass is 437 g/mol. The van der Waals surface area contributed by atoms with Crippen LogP contribution in [0.1, 0.15) is 17.0 Å². The summed E-state index contributed by atoms with van der Waals surface area (Å²) in [5.74, 6) is 0.0757. The van der Waals surface area contributed by atoms with Crippen LogP contribution in [0.4, 0.5) is 14.5 Å². The smallest absolute Gasteiger partial charge is 0.298 e. The molecule has 5 nitrogen and oxygen atoms in total. The van der Waals surface area contributed by atoms with Gasteiger partial charge in [0.1, 0.15) is 17.4 Å². The summed E-state index contributed by atoms with van der Waals surface area (Å²) in [5, 5.41) is 2.95. The fourth-order valence-electron chi connectivity index (χ4n) is 2.85. The van der Waals surface area contributed by atoms with Gasteiger partial charge in [0, 0.05) is 18.0 Å². The number of hydrogen-bond acceptors (Lipinski definition) is 5. The summed E-state index contributed by atoms with van der Waals surface area (Å²) in [7, 11) is 0. The van der Waals surface area contributed by atoms with E-state index in [1.807, 2.05) is 0 Å². The molecule has 1 aromatic heterocycles. The highest BCUT2D eigenvalue weighted by Gasteiger charge is 2.10. The highest BCUT2D eigenvalue weighted by atomic mass is 32.1. The van der Waals surface area contributed by atoms with E-state index in [4.69, 9.17) is 4.74 Å². The van der Waals surface area contributed by atoms with E-state index in [2.05, 4.69) is 14.7 Å². The van der Waals surface area contributed by atoms with Crippen LogP contribution < -0.4 is 10.1 Å². The van der Waals surface area contributed by atoms with Crippen molar-refractivity contribution >= 4 is 23.1 Å². The number of carbonyl (C=O) groups is 1. The Hall–Kier alpha value is -3.65. The zero-order valence-electron chi connectivity index (χ0n) is 16.2. The van der Waals surface area contributed by atoms with Gasteiger partial charge in [0.25, 0.3) is 5.19 Å². The summed E-state index contributed by atoms with van der Waals surface area (Å²) < 4.78 is 36.6. The molecule has 0 radical (unpaired) electrons. The number of anilines is 1. The lowest BCUT2D eigenvalue weighted by Gasteiger charge is -2.07. The van der Waals surface area contributed by atoms with Crippen molar-refractivity contribution in [3.05, 3.63) is 101 Å². The molecule has 0 aliphatic rings. The number of benzene rings is 3. The van der Waals surface area contributed by atoms with E-state index in [0.29, 0.717) is 23.2 Å². The molecule has 0 aliphatic carbocycles. The SMILES string of the molecule is O=C(Cc1ccc(Oc2nc(Cc3ccc(F)cc3)ns2)cc1)Nc1ccccc1F. The predicted octanol–water partition coefficient (Wildman–Crippen LogP) is 5.38. The maximum Gasteiger partial charge on any atom is 0.298 e. The molecule has 0 atom stereocenters. The van der Waals surface area contributed by atoms with E-state index in [1.165, 1.54) is 24.3 Å². The van der Waals surface area contributed by atoms with Gasteiger partial charge in [-0.2, -0.15) is 9.36 Å². The van der Waals surface area contributed by atoms with Crippen molar-refractivity contribution in [3.8, 4) is 10.9 Å². The minimum atomic E-state index is -0.476. The van der Waals surface area contributed by atoms with Crippen LogP contribution in [-0.2, 0) is 17.6 Å². The summed E-state index contributed by atoms with van der Waals surface area (Å²) >= 11 is 1.13. The van der Waals surface area contributed by atoms with E-state index >= 15 is 0 Å². The summed E-state index contributed by atoms with van der Waals surface area (Å²) in [4.78, 5) is 16.5. The molecular formula is C23H17F2N3O2S. The molecule has 156 valence electrons. The normalized spacial score (nSPS) is 10.6. The second-order valence-corrected chi connectivity index (χ2v) is 7.44. The van der Waals surface area contributed by atoms with Crippen molar-refractivity contribution in [2.45, 2.75) is 12.8 Å². The molecule has 4 rings (SSSR count). The third-order valence-electron chi connectivity index (χ3n) is 4.37. The van der Waals surface area contributed by atoms with Gasteiger partial charge < -0.3 is 10.1 Å². The summed E-state index contributed by atoms with van der Waals surface area (Å²) in [6.45, 7) is 0. The van der Waals surface area contributed by atoms with Gasteiger partial charge >= 0.3 is 0 Å². The van der Waals surface area contributed by atoms with E-state index in [9.17, 15) is 13.6 Å². The third-order valence-corrected chi connectivity index (χ3v) is 5.00. The van der Waals surface area contributed by atoms with Crippen molar-refractivity contribution in [3.63, 3.8) is 0 Å². The first-order valence-electron chi connectivity index (χ1n) is 9.43. The lowest BCUT2D eigenvalue weighted by Crippen LogP contribution is -2.15. The Morgan fingerprint density at radius 3 is 2.39 bits per heavy atom. The van der Waals surface area contributed by atoms with Crippen LogP contribution >= 0.6 is 11.5 Å². The van der Waals surface area contributed by atoms with Crippen molar-refractivity contribution in [1.29, 1.82) is 0 Å². The van der Waals surface area contributed by atoms with Gasteiger partial charge in [0.15, 0.2) is 5.82 Å². The standard InChI is InChI=1S/C23H17F2N3O2S/c24-17-9-5-15(6-10-17)13-21-27-23(31-28-21)30-18-11-7-16(8-12-18)14-22(29)26-20-4-2-1-3-19(20)25/h1-12H,13-14H2,(H,26,29). The Balaban J connectivity index is 1.32. The number of hydrogen-bond donors (Lipinski definition) is 1. The van der Waals surface area contributed by atoms with Crippen LogP contribution in [0.3, 0.4) is 0 Å². The van der Waals surface area contributed by atoms with Gasteiger partial charge in [0.2, 0.25) is 5.91 Å². The van der Waals surface area contributed by atoms with Gasteiger partial charge in [-0.25, -0.2) is 8.78 Å². The molecule has 0 aliphatic heterocycles. The molecule has 3 aromatic carbocycles. The highest BCUT2D eigenvalue weighted by Crippen LogP contribution is 2.24. The van der Waals surface area contributed by atoms with E-state index in [-0.39, 0.29) is 23.8 Å². The number of carbonyl (C=O) groups excluding carboxylic acids is 1. The average molecular weight is 437 g/mol. The van der Waals surface area contributed by atoms with Crippen molar-refractivity contribution in [2.24, 2.45) is 0 Å². The number of halogens is 2. The molecule has 0 fully saturated rings. The van der Waals surface area contributed by atoms with Gasteiger partial charge in [-0.3, -0.25) is 4.79 Å². The molecule has 31 heavy (non-hydrogen) atoms. The quantitative estimate of drug-likeness (QED) is 0.422. The van der Waals surface area contributed by atoms with Gasteiger partial charge in [-0.15, -0.1) is 0 Å². The zero-order valence-corrected chi connectivity index (χ0v) is 17.0. The lowest BCUT2D eigenvalue weighted by molar-refractivity contribution is -0.115. The number of para-hydroxylation sites is 1. The van der Waals surface area contributed by atoms with Crippen molar-refractivity contribution in [2.75, 3.05) is 5.32 Å². The minimum absolute atomic E-state index is 0.106. The minimum Gasteiger partial charge on any atom is -0.430 e. The van der Waals surface area contributed by atoms with Gasteiger partial charge in [-0.1, -0.05) is 36.4 Å². The Morgan fingerprint density at radius 1 is 0.935 bits per heavy atom. The Bertz CT molecular complexity index is 1180. The number of nitrogens with one attached hydrogen (secondary N) is 1. The fourth-order valence-corrected chi connectivity index (χ4v) is 3.42. The molecule has 0 bridgehead atoms. The Labute approximate surface area is 181 Å². The molecule has 1 N–H and O–H groups in total. The van der Waals surface area contributed by atoms with Crippen molar-refractivity contribution < 1.29 is 18.3 Å². The second-order valence-electron chi connectivity index (χ2n) is 6.73. The molecule has 8 heteroatoms. The summed E-state index contributed by atoms with van der Waals surface area (Å²) in [5.41, 5.74) is 1.82. The summed E-state index contributed by atoms with van der Waals surface area (Å²) in [6.07, 6.45) is 0.589. The molecule has 1 amide bonds. The average Bonchev–Trinajstić information content (AvgIpc) is 3.19. The molecule has 0 spiro atoms. The molecule has 0 unspecified atom stereocenters. The largest absolute Gasteiger partial charge is 0.430 e. The third kappa shape index (κ3) is 5.70.